The highest BCUT2D eigenvalue weighted by atomic mass is 16.3. The summed E-state index contributed by atoms with van der Waals surface area (Å²) in [5.74, 6) is 0.173. The Bertz CT molecular complexity index is 334. The molecule has 2 N–H and O–H groups in total. The van der Waals surface area contributed by atoms with Gasteiger partial charge in [0.05, 0.1) is 0 Å². The molecule has 0 fully saturated rings. The maximum Gasteiger partial charge on any atom is 0.157 e. The lowest BCUT2D eigenvalue weighted by molar-refractivity contribution is -0.115. The van der Waals surface area contributed by atoms with E-state index in [9.17, 15) is 9.59 Å². The molecule has 0 heterocycles. The summed E-state index contributed by atoms with van der Waals surface area (Å²) >= 11 is 0. The van der Waals surface area contributed by atoms with E-state index in [1.54, 1.807) is 6.08 Å². The Balaban J connectivity index is 2.43. The normalized spacial score (nSPS) is 17.6. The number of aliphatic hydroxyl groups excluding tert-OH is 1. The van der Waals surface area contributed by atoms with Crippen LogP contribution in [0.4, 0.5) is 0 Å². The van der Waals surface area contributed by atoms with Crippen LogP contribution in [0.25, 0.3) is 0 Å². The molecule has 1 aliphatic carbocycles. The van der Waals surface area contributed by atoms with Crippen molar-refractivity contribution in [2.24, 2.45) is 0 Å². The van der Waals surface area contributed by atoms with Gasteiger partial charge in [0.2, 0.25) is 0 Å². The monoisotopic (exact) mass is 251 g/mol. The second-order valence-corrected chi connectivity index (χ2v) is 4.48. The molecule has 0 saturated carbocycles. The van der Waals surface area contributed by atoms with Crippen molar-refractivity contribution in [1.29, 1.82) is 0 Å². The first kappa shape index (κ1) is 14.6. The second kappa shape index (κ2) is 8.64. The molecular weight excluding hydrogens is 230 g/mol. The Morgan fingerprint density at radius 1 is 1.39 bits per heavy atom. The standard InChI is InChI=1S/C14H21NO3/c16-9-3-1-2-5-12(8-10-17)15-13-6-4-7-14(18)11-13/h1,3,9,11-12,15,17H,2,4-8,10H2/b3-1+/t12-/m0/s1. The predicted octanol–water partition coefficient (Wildman–Crippen LogP) is 1.50. The molecule has 0 aliphatic heterocycles. The van der Waals surface area contributed by atoms with Crippen LogP contribution >= 0.6 is 0 Å². The summed E-state index contributed by atoms with van der Waals surface area (Å²) in [4.78, 5) is 21.4. The summed E-state index contributed by atoms with van der Waals surface area (Å²) in [5.41, 5.74) is 0.976. The molecule has 0 aromatic rings. The van der Waals surface area contributed by atoms with Gasteiger partial charge in [0.25, 0.3) is 0 Å². The van der Waals surface area contributed by atoms with Crippen molar-refractivity contribution in [3.63, 3.8) is 0 Å². The van der Waals surface area contributed by atoms with Crippen LogP contribution in [0.2, 0.25) is 0 Å². The summed E-state index contributed by atoms with van der Waals surface area (Å²) in [6, 6.07) is 0.156. The lowest BCUT2D eigenvalue weighted by Gasteiger charge is -2.22. The SMILES string of the molecule is O=C/C=C/CC[C@@H](CCO)NC1=CC(=O)CCC1. The number of aliphatic hydroxyl groups is 1. The summed E-state index contributed by atoms with van der Waals surface area (Å²) in [6.45, 7) is 0.121. The third-order valence-electron chi connectivity index (χ3n) is 2.97. The first-order valence-corrected chi connectivity index (χ1v) is 6.47. The number of hydrogen-bond donors (Lipinski definition) is 2. The van der Waals surface area contributed by atoms with Crippen molar-refractivity contribution in [3.05, 3.63) is 23.9 Å². The van der Waals surface area contributed by atoms with E-state index in [1.165, 1.54) is 6.08 Å². The zero-order chi connectivity index (χ0) is 13.2. The molecule has 1 rings (SSSR count). The van der Waals surface area contributed by atoms with Crippen LogP contribution in [-0.4, -0.2) is 29.8 Å². The van der Waals surface area contributed by atoms with Crippen molar-refractivity contribution >= 4 is 12.1 Å². The molecule has 1 aliphatic rings. The molecule has 0 bridgehead atoms. The first-order chi connectivity index (χ1) is 8.76. The van der Waals surface area contributed by atoms with Gasteiger partial charge in [0.15, 0.2) is 5.78 Å². The largest absolute Gasteiger partial charge is 0.396 e. The van der Waals surface area contributed by atoms with Crippen LogP contribution in [0.3, 0.4) is 0 Å². The van der Waals surface area contributed by atoms with Crippen molar-refractivity contribution in [1.82, 2.24) is 5.32 Å². The molecule has 4 heteroatoms. The molecule has 0 aromatic heterocycles. The zero-order valence-electron chi connectivity index (χ0n) is 10.6. The van der Waals surface area contributed by atoms with E-state index in [4.69, 9.17) is 5.11 Å². The van der Waals surface area contributed by atoms with E-state index in [-0.39, 0.29) is 18.4 Å². The molecule has 0 unspecified atom stereocenters. The van der Waals surface area contributed by atoms with Crippen LogP contribution in [0.1, 0.15) is 38.5 Å². The average Bonchev–Trinajstić information content (AvgIpc) is 2.35. The minimum absolute atomic E-state index is 0.121. The summed E-state index contributed by atoms with van der Waals surface area (Å²) in [7, 11) is 0. The van der Waals surface area contributed by atoms with Gasteiger partial charge in [-0.2, -0.15) is 0 Å². The first-order valence-electron chi connectivity index (χ1n) is 6.47. The van der Waals surface area contributed by atoms with Crippen LogP contribution in [-0.2, 0) is 9.59 Å². The quantitative estimate of drug-likeness (QED) is 0.507. The average molecular weight is 251 g/mol. The minimum Gasteiger partial charge on any atom is -0.396 e. The molecule has 0 aromatic carbocycles. The second-order valence-electron chi connectivity index (χ2n) is 4.48. The number of allylic oxidation sites excluding steroid dienone is 4. The highest BCUT2D eigenvalue weighted by molar-refractivity contribution is 5.91. The van der Waals surface area contributed by atoms with Gasteiger partial charge >= 0.3 is 0 Å². The van der Waals surface area contributed by atoms with Crippen molar-refractivity contribution in [2.75, 3.05) is 6.61 Å². The van der Waals surface area contributed by atoms with E-state index in [2.05, 4.69) is 5.32 Å². The third-order valence-corrected chi connectivity index (χ3v) is 2.97. The summed E-state index contributed by atoms with van der Waals surface area (Å²) < 4.78 is 0. The van der Waals surface area contributed by atoms with E-state index < -0.39 is 0 Å². The number of aldehydes is 1. The topological polar surface area (TPSA) is 66.4 Å². The molecule has 1 atom stereocenters. The fraction of sp³-hybridized carbons (Fsp3) is 0.571. The maximum atomic E-state index is 11.3. The molecular formula is C14H21NO3. The van der Waals surface area contributed by atoms with E-state index in [0.29, 0.717) is 12.8 Å². The van der Waals surface area contributed by atoms with E-state index >= 15 is 0 Å². The minimum atomic E-state index is 0.121. The predicted molar refractivity (Wildman–Crippen MR) is 70.0 cm³/mol. The highest BCUT2D eigenvalue weighted by Gasteiger charge is 2.13. The fourth-order valence-electron chi connectivity index (χ4n) is 2.06. The molecule has 18 heavy (non-hydrogen) atoms. The Hall–Kier alpha value is -1.42. The number of ketones is 1. The van der Waals surface area contributed by atoms with Gasteiger partial charge in [-0.05, 0) is 38.2 Å². The number of nitrogens with one attached hydrogen (secondary N) is 1. The summed E-state index contributed by atoms with van der Waals surface area (Å²) in [6.07, 6.45) is 10.5. The lowest BCUT2D eigenvalue weighted by atomic mass is 10.0. The molecule has 100 valence electrons. The number of carbonyl (C=O) groups excluding carboxylic acids is 2. The number of carbonyl (C=O) groups is 2. The van der Waals surface area contributed by atoms with Crippen LogP contribution in [0, 0.1) is 0 Å². The maximum absolute atomic E-state index is 11.3. The molecule has 0 saturated heterocycles. The smallest absolute Gasteiger partial charge is 0.157 e. The van der Waals surface area contributed by atoms with Crippen molar-refractivity contribution in [3.8, 4) is 0 Å². The van der Waals surface area contributed by atoms with Gasteiger partial charge < -0.3 is 10.4 Å². The number of rotatable bonds is 8. The van der Waals surface area contributed by atoms with Crippen LogP contribution in [0.5, 0.6) is 0 Å². The molecule has 4 nitrogen and oxygen atoms in total. The van der Waals surface area contributed by atoms with E-state index in [0.717, 1.165) is 37.7 Å². The Morgan fingerprint density at radius 3 is 2.89 bits per heavy atom. The Labute approximate surface area is 108 Å². The summed E-state index contributed by atoms with van der Waals surface area (Å²) in [5, 5.41) is 12.3. The fourth-order valence-corrected chi connectivity index (χ4v) is 2.06. The van der Waals surface area contributed by atoms with Gasteiger partial charge in [-0.15, -0.1) is 0 Å². The number of hydrogen-bond acceptors (Lipinski definition) is 4. The van der Waals surface area contributed by atoms with Gasteiger partial charge in [-0.25, -0.2) is 0 Å². The lowest BCUT2D eigenvalue weighted by Crippen LogP contribution is -2.30. The molecule has 0 radical (unpaired) electrons. The van der Waals surface area contributed by atoms with Crippen LogP contribution < -0.4 is 5.32 Å². The van der Waals surface area contributed by atoms with Gasteiger partial charge in [0, 0.05) is 30.8 Å². The molecule has 0 spiro atoms. The van der Waals surface area contributed by atoms with Crippen molar-refractivity contribution in [2.45, 2.75) is 44.6 Å². The Morgan fingerprint density at radius 2 is 2.22 bits per heavy atom. The Kier molecular flexibility index (Phi) is 7.03. The molecule has 0 amide bonds. The van der Waals surface area contributed by atoms with Crippen molar-refractivity contribution < 1.29 is 14.7 Å². The van der Waals surface area contributed by atoms with Gasteiger partial charge in [-0.1, -0.05) is 6.08 Å². The van der Waals surface area contributed by atoms with Gasteiger partial charge in [0.1, 0.15) is 6.29 Å². The van der Waals surface area contributed by atoms with E-state index in [1.807, 2.05) is 6.08 Å². The zero-order valence-corrected chi connectivity index (χ0v) is 10.6. The third kappa shape index (κ3) is 5.77. The highest BCUT2D eigenvalue weighted by Crippen LogP contribution is 2.15. The van der Waals surface area contributed by atoms with Gasteiger partial charge in [-0.3, -0.25) is 9.59 Å². The van der Waals surface area contributed by atoms with Crippen LogP contribution in [0.15, 0.2) is 23.9 Å².